The molecule has 0 aliphatic rings. The van der Waals surface area contributed by atoms with Crippen molar-refractivity contribution in [1.82, 2.24) is 20.3 Å². The number of hydrogen-bond acceptors (Lipinski definition) is 10. The number of nitrogens with zero attached hydrogens (tertiary/aromatic N) is 3. The van der Waals surface area contributed by atoms with E-state index in [-0.39, 0.29) is 18.3 Å². The second-order valence-electron chi connectivity index (χ2n) is 9.41. The van der Waals surface area contributed by atoms with Gasteiger partial charge in [0.15, 0.2) is 0 Å². The number of hydrogen-bond donors (Lipinski definition) is 5. The Morgan fingerprint density at radius 3 is 1.86 bits per heavy atom. The zero-order valence-electron chi connectivity index (χ0n) is 23.9. The van der Waals surface area contributed by atoms with Crippen LogP contribution in [0.4, 0.5) is 22.2 Å². The summed E-state index contributed by atoms with van der Waals surface area (Å²) in [7, 11) is 0. The van der Waals surface area contributed by atoms with Crippen molar-refractivity contribution in [3.8, 4) is 0 Å². The van der Waals surface area contributed by atoms with E-state index in [0.29, 0.717) is 81.6 Å². The highest BCUT2D eigenvalue weighted by molar-refractivity contribution is 5.94. The molecule has 0 unspecified atom stereocenters. The van der Waals surface area contributed by atoms with Crippen LogP contribution in [0.2, 0.25) is 0 Å². The first kappa shape index (κ1) is 31.3. The van der Waals surface area contributed by atoms with E-state index in [1.54, 1.807) is 30.3 Å². The summed E-state index contributed by atoms with van der Waals surface area (Å²) in [5, 5.41) is 12.4. The van der Waals surface area contributed by atoms with Crippen molar-refractivity contribution in [2.24, 2.45) is 5.73 Å². The molecule has 4 aromatic rings. The quantitative estimate of drug-likeness (QED) is 0.109. The maximum Gasteiger partial charge on any atom is 0.251 e. The second-order valence-corrected chi connectivity index (χ2v) is 9.41. The smallest absolute Gasteiger partial charge is 0.251 e. The van der Waals surface area contributed by atoms with E-state index in [4.69, 9.17) is 15.2 Å². The van der Waals surface area contributed by atoms with Crippen LogP contribution in [0, 0.1) is 5.82 Å². The summed E-state index contributed by atoms with van der Waals surface area (Å²) in [6.45, 7) is 3.85. The van der Waals surface area contributed by atoms with Crippen LogP contribution >= 0.6 is 0 Å². The maximum absolute atomic E-state index is 14.1. The highest BCUT2D eigenvalue weighted by Gasteiger charge is 2.10. The predicted molar refractivity (Wildman–Crippen MR) is 164 cm³/mol. The minimum atomic E-state index is -0.306. The van der Waals surface area contributed by atoms with E-state index >= 15 is 0 Å². The van der Waals surface area contributed by atoms with E-state index in [2.05, 4.69) is 36.2 Å². The Hall–Kier alpha value is -4.65. The molecule has 0 fully saturated rings. The van der Waals surface area contributed by atoms with Crippen molar-refractivity contribution in [1.29, 1.82) is 0 Å². The molecule has 43 heavy (non-hydrogen) atoms. The van der Waals surface area contributed by atoms with Crippen molar-refractivity contribution in [2.75, 3.05) is 55.5 Å². The molecule has 0 radical (unpaired) electrons. The van der Waals surface area contributed by atoms with Gasteiger partial charge in [0.1, 0.15) is 5.82 Å². The molecule has 1 heterocycles. The molecule has 0 spiro atoms. The summed E-state index contributed by atoms with van der Waals surface area (Å²) >= 11 is 0. The molecule has 4 rings (SSSR count). The van der Waals surface area contributed by atoms with E-state index in [0.717, 1.165) is 11.1 Å². The molecule has 0 aliphatic heterocycles. The second kappa shape index (κ2) is 17.3. The molecule has 0 saturated carbocycles. The van der Waals surface area contributed by atoms with Gasteiger partial charge >= 0.3 is 0 Å². The Bertz CT molecular complexity index is 1410. The van der Waals surface area contributed by atoms with Gasteiger partial charge in [-0.15, -0.1) is 0 Å². The number of amides is 1. The average Bonchev–Trinajstić information content (AvgIpc) is 3.04. The molecule has 6 N–H and O–H groups in total. The summed E-state index contributed by atoms with van der Waals surface area (Å²) in [5.41, 5.74) is 8.41. The van der Waals surface area contributed by atoms with Crippen LogP contribution in [0.1, 0.15) is 27.0 Å². The van der Waals surface area contributed by atoms with E-state index in [1.807, 2.05) is 42.5 Å². The Kier molecular flexibility index (Phi) is 12.6. The normalized spacial score (nSPS) is 10.7. The van der Waals surface area contributed by atoms with Crippen molar-refractivity contribution in [2.45, 2.75) is 19.6 Å². The highest BCUT2D eigenvalue weighted by Crippen LogP contribution is 2.15. The predicted octanol–water partition coefficient (Wildman–Crippen LogP) is 3.57. The number of ether oxygens (including phenoxy) is 2. The Balaban J connectivity index is 1.31. The maximum atomic E-state index is 14.1. The Morgan fingerprint density at radius 1 is 0.674 bits per heavy atom. The number of rotatable bonds is 18. The van der Waals surface area contributed by atoms with Crippen molar-refractivity contribution in [3.63, 3.8) is 0 Å². The van der Waals surface area contributed by atoms with E-state index < -0.39 is 0 Å². The molecule has 1 amide bonds. The summed E-state index contributed by atoms with van der Waals surface area (Å²) in [6, 6.07) is 23.7. The molecular weight excluding hydrogens is 551 g/mol. The van der Waals surface area contributed by atoms with Gasteiger partial charge < -0.3 is 36.5 Å². The van der Waals surface area contributed by atoms with Gasteiger partial charge in [0.25, 0.3) is 5.91 Å². The lowest BCUT2D eigenvalue weighted by atomic mass is 10.1. The van der Waals surface area contributed by atoms with Crippen LogP contribution in [0.15, 0.2) is 78.9 Å². The highest BCUT2D eigenvalue weighted by atomic mass is 19.1. The van der Waals surface area contributed by atoms with Crippen molar-refractivity contribution < 1.29 is 18.7 Å². The molecule has 12 heteroatoms. The zero-order chi connectivity index (χ0) is 30.1. The van der Waals surface area contributed by atoms with Crippen molar-refractivity contribution in [3.05, 3.63) is 107 Å². The third kappa shape index (κ3) is 10.9. The number of aromatic nitrogens is 3. The van der Waals surface area contributed by atoms with Gasteiger partial charge in [0.05, 0.1) is 26.4 Å². The summed E-state index contributed by atoms with van der Waals surface area (Å²) in [5.74, 6) is 0.530. The van der Waals surface area contributed by atoms with Gasteiger partial charge in [0.2, 0.25) is 17.8 Å². The first-order valence-corrected chi connectivity index (χ1v) is 14.1. The molecule has 0 saturated heterocycles. The molecule has 3 aromatic carbocycles. The number of carbonyl (C=O) groups excluding carboxylic acids is 1. The Morgan fingerprint density at radius 2 is 1.23 bits per heavy atom. The number of halogens is 1. The number of nitrogens with one attached hydrogen (secondary N) is 4. The molecule has 0 atom stereocenters. The summed E-state index contributed by atoms with van der Waals surface area (Å²) in [6.07, 6.45) is 0. The first-order chi connectivity index (χ1) is 21.1. The molecule has 0 bridgehead atoms. The van der Waals surface area contributed by atoms with Gasteiger partial charge in [-0.2, -0.15) is 15.0 Å². The monoisotopic (exact) mass is 588 g/mol. The van der Waals surface area contributed by atoms with Crippen LogP contribution < -0.4 is 27.0 Å². The number of benzene rings is 3. The lowest BCUT2D eigenvalue weighted by molar-refractivity contribution is 0.0511. The Labute approximate surface area is 250 Å². The van der Waals surface area contributed by atoms with Gasteiger partial charge in [-0.25, -0.2) is 4.39 Å². The van der Waals surface area contributed by atoms with E-state index in [1.165, 1.54) is 6.07 Å². The third-order valence-corrected chi connectivity index (χ3v) is 6.16. The SMILES string of the molecule is NCCOCCOCCNC(=O)c1ccc(CNc2nc(NCc3ccccc3)nc(NCc3ccccc3F)n2)cc1. The van der Waals surface area contributed by atoms with Gasteiger partial charge in [-0.05, 0) is 29.3 Å². The largest absolute Gasteiger partial charge is 0.378 e. The van der Waals surface area contributed by atoms with E-state index in [9.17, 15) is 9.18 Å². The van der Waals surface area contributed by atoms with Crippen LogP contribution in [0.3, 0.4) is 0 Å². The minimum absolute atomic E-state index is 0.181. The fraction of sp³-hybridized carbons (Fsp3) is 0.290. The lowest BCUT2D eigenvalue weighted by Gasteiger charge is -2.12. The number of nitrogens with two attached hydrogens (primary N) is 1. The fourth-order valence-electron chi connectivity index (χ4n) is 3.91. The third-order valence-electron chi connectivity index (χ3n) is 6.16. The van der Waals surface area contributed by atoms with Gasteiger partial charge in [-0.1, -0.05) is 60.7 Å². The van der Waals surface area contributed by atoms with Crippen LogP contribution in [0.25, 0.3) is 0 Å². The molecular formula is C31H37FN8O3. The zero-order valence-corrected chi connectivity index (χ0v) is 23.9. The minimum Gasteiger partial charge on any atom is -0.378 e. The average molecular weight is 589 g/mol. The molecule has 0 aliphatic carbocycles. The molecule has 11 nitrogen and oxygen atoms in total. The topological polar surface area (TPSA) is 148 Å². The standard InChI is InChI=1S/C31H37FN8O3/c32-27-9-5-4-8-26(27)22-37-31-39-29(35-20-23-6-2-1-3-7-23)38-30(40-31)36-21-24-10-12-25(13-11-24)28(41)34-15-17-43-19-18-42-16-14-33/h1-13H,14-22,33H2,(H,34,41)(H3,35,36,37,38,39,40). The van der Waals surface area contributed by atoms with Gasteiger partial charge in [0, 0.05) is 43.9 Å². The van der Waals surface area contributed by atoms with Crippen LogP contribution in [-0.4, -0.2) is 60.4 Å². The lowest BCUT2D eigenvalue weighted by Crippen LogP contribution is -2.27. The van der Waals surface area contributed by atoms with Gasteiger partial charge in [-0.3, -0.25) is 4.79 Å². The molecule has 226 valence electrons. The first-order valence-electron chi connectivity index (χ1n) is 14.1. The summed E-state index contributed by atoms with van der Waals surface area (Å²) in [4.78, 5) is 25.9. The number of anilines is 3. The molecule has 1 aromatic heterocycles. The van der Waals surface area contributed by atoms with Crippen molar-refractivity contribution >= 4 is 23.8 Å². The summed E-state index contributed by atoms with van der Waals surface area (Å²) < 4.78 is 24.8. The fourth-order valence-corrected chi connectivity index (χ4v) is 3.91. The van der Waals surface area contributed by atoms with Crippen LogP contribution in [-0.2, 0) is 29.1 Å². The van der Waals surface area contributed by atoms with Crippen LogP contribution in [0.5, 0.6) is 0 Å². The number of carbonyl (C=O) groups is 1.